The summed E-state index contributed by atoms with van der Waals surface area (Å²) in [6.07, 6.45) is 7.87. The first-order valence-corrected chi connectivity index (χ1v) is 6.98. The van der Waals surface area contributed by atoms with Gasteiger partial charge in [0.05, 0.1) is 0 Å². The van der Waals surface area contributed by atoms with Gasteiger partial charge in [-0.15, -0.1) is 0 Å². The second-order valence-electron chi connectivity index (χ2n) is 5.78. The molecule has 1 saturated heterocycles. The highest BCUT2D eigenvalue weighted by atomic mass is 15.3. The molecule has 3 aliphatic rings. The van der Waals surface area contributed by atoms with Crippen molar-refractivity contribution in [2.24, 2.45) is 17.8 Å². The van der Waals surface area contributed by atoms with E-state index in [4.69, 9.17) is 0 Å². The molecule has 3 atom stereocenters. The summed E-state index contributed by atoms with van der Waals surface area (Å²) in [7, 11) is 0. The SMILES string of the molecule is CCN1CCN(C[C@@H]2C[C@H]3C=C[C@H]2C3)CC1. The van der Waals surface area contributed by atoms with Gasteiger partial charge in [-0.25, -0.2) is 0 Å². The number of fused-ring (bicyclic) bond motifs is 2. The second kappa shape index (κ2) is 4.50. The number of allylic oxidation sites excluding steroid dienone is 2. The molecule has 0 aromatic rings. The molecule has 2 bridgehead atoms. The molecule has 1 aliphatic heterocycles. The Kier molecular flexibility index (Phi) is 3.03. The normalized spacial score (nSPS) is 39.7. The Balaban J connectivity index is 1.48. The smallest absolute Gasteiger partial charge is 0.0110 e. The summed E-state index contributed by atoms with van der Waals surface area (Å²) in [6.45, 7) is 10.0. The highest BCUT2D eigenvalue weighted by Crippen LogP contribution is 2.43. The van der Waals surface area contributed by atoms with Gasteiger partial charge in [0, 0.05) is 32.7 Å². The van der Waals surface area contributed by atoms with Gasteiger partial charge in [0.2, 0.25) is 0 Å². The Hall–Kier alpha value is -0.340. The molecule has 0 aromatic heterocycles. The van der Waals surface area contributed by atoms with Crippen molar-refractivity contribution in [1.82, 2.24) is 9.80 Å². The molecule has 0 N–H and O–H groups in total. The zero-order chi connectivity index (χ0) is 11.0. The van der Waals surface area contributed by atoms with E-state index in [-0.39, 0.29) is 0 Å². The van der Waals surface area contributed by atoms with E-state index in [0.29, 0.717) is 0 Å². The minimum absolute atomic E-state index is 0.925. The fraction of sp³-hybridized carbons (Fsp3) is 0.857. The molecule has 2 fully saturated rings. The van der Waals surface area contributed by atoms with Crippen LogP contribution in [0.25, 0.3) is 0 Å². The highest BCUT2D eigenvalue weighted by molar-refractivity contribution is 5.10. The number of nitrogens with zero attached hydrogens (tertiary/aromatic N) is 2. The van der Waals surface area contributed by atoms with Crippen molar-refractivity contribution < 1.29 is 0 Å². The van der Waals surface area contributed by atoms with Crippen LogP contribution in [0.3, 0.4) is 0 Å². The molecule has 2 nitrogen and oxygen atoms in total. The molecular formula is C14H24N2. The lowest BCUT2D eigenvalue weighted by atomic mass is 9.93. The lowest BCUT2D eigenvalue weighted by Crippen LogP contribution is -2.47. The van der Waals surface area contributed by atoms with Crippen LogP contribution in [0.1, 0.15) is 19.8 Å². The van der Waals surface area contributed by atoms with Gasteiger partial charge >= 0.3 is 0 Å². The van der Waals surface area contributed by atoms with Gasteiger partial charge in [-0.1, -0.05) is 19.1 Å². The molecule has 3 rings (SSSR count). The van der Waals surface area contributed by atoms with Crippen LogP contribution in [0.4, 0.5) is 0 Å². The minimum atomic E-state index is 0.925. The Labute approximate surface area is 99.3 Å². The first-order chi connectivity index (χ1) is 7.85. The summed E-state index contributed by atoms with van der Waals surface area (Å²) in [4.78, 5) is 5.27. The molecule has 16 heavy (non-hydrogen) atoms. The van der Waals surface area contributed by atoms with Crippen LogP contribution in [0.15, 0.2) is 12.2 Å². The Morgan fingerprint density at radius 1 is 1.00 bits per heavy atom. The summed E-state index contributed by atoms with van der Waals surface area (Å²) in [5.74, 6) is 2.84. The fourth-order valence-electron chi connectivity index (χ4n) is 3.72. The van der Waals surface area contributed by atoms with Gasteiger partial charge < -0.3 is 9.80 Å². The second-order valence-corrected chi connectivity index (χ2v) is 5.78. The molecular weight excluding hydrogens is 196 g/mol. The maximum Gasteiger partial charge on any atom is 0.0110 e. The molecule has 0 aromatic carbocycles. The van der Waals surface area contributed by atoms with Gasteiger partial charge in [-0.2, -0.15) is 0 Å². The molecule has 90 valence electrons. The highest BCUT2D eigenvalue weighted by Gasteiger charge is 2.36. The largest absolute Gasteiger partial charge is 0.301 e. The molecule has 0 spiro atoms. The van der Waals surface area contributed by atoms with E-state index >= 15 is 0 Å². The van der Waals surface area contributed by atoms with Crippen LogP contribution in [0, 0.1) is 17.8 Å². The van der Waals surface area contributed by atoms with Crippen LogP contribution in [-0.4, -0.2) is 49.1 Å². The van der Waals surface area contributed by atoms with Crippen LogP contribution in [-0.2, 0) is 0 Å². The predicted molar refractivity (Wildman–Crippen MR) is 67.4 cm³/mol. The Bertz CT molecular complexity index is 266. The lowest BCUT2D eigenvalue weighted by Gasteiger charge is -2.36. The number of piperazine rings is 1. The molecule has 2 aliphatic carbocycles. The summed E-state index contributed by atoms with van der Waals surface area (Å²) in [6, 6.07) is 0. The zero-order valence-corrected chi connectivity index (χ0v) is 10.4. The Morgan fingerprint density at radius 2 is 1.75 bits per heavy atom. The maximum atomic E-state index is 2.70. The summed E-state index contributed by atoms with van der Waals surface area (Å²) in [5, 5.41) is 0. The third-order valence-corrected chi connectivity index (χ3v) is 4.82. The third-order valence-electron chi connectivity index (χ3n) is 4.82. The van der Waals surface area contributed by atoms with Crippen LogP contribution in [0.2, 0.25) is 0 Å². The van der Waals surface area contributed by atoms with Crippen molar-refractivity contribution in [2.75, 3.05) is 39.3 Å². The lowest BCUT2D eigenvalue weighted by molar-refractivity contribution is 0.117. The van der Waals surface area contributed by atoms with E-state index in [9.17, 15) is 0 Å². The van der Waals surface area contributed by atoms with Crippen molar-refractivity contribution in [3.63, 3.8) is 0 Å². The monoisotopic (exact) mass is 220 g/mol. The first-order valence-electron chi connectivity index (χ1n) is 6.98. The van der Waals surface area contributed by atoms with Crippen molar-refractivity contribution in [3.8, 4) is 0 Å². The average molecular weight is 220 g/mol. The van der Waals surface area contributed by atoms with E-state index in [1.54, 1.807) is 0 Å². The van der Waals surface area contributed by atoms with Gasteiger partial charge in [0.25, 0.3) is 0 Å². The number of hydrogen-bond acceptors (Lipinski definition) is 2. The maximum absolute atomic E-state index is 2.70. The van der Waals surface area contributed by atoms with Crippen molar-refractivity contribution in [3.05, 3.63) is 12.2 Å². The quantitative estimate of drug-likeness (QED) is 0.670. The fourth-order valence-corrected chi connectivity index (χ4v) is 3.72. The standard InChI is InChI=1S/C14H24N2/c1-2-15-5-7-16(8-6-15)11-14-10-12-3-4-13(14)9-12/h3-4,12-14H,2,5-11H2,1H3/t12-,13-,14-/m0/s1. The molecule has 2 heteroatoms. The van der Waals surface area contributed by atoms with Crippen molar-refractivity contribution in [2.45, 2.75) is 19.8 Å². The minimum Gasteiger partial charge on any atom is -0.301 e. The molecule has 1 heterocycles. The first kappa shape index (κ1) is 10.8. The summed E-state index contributed by atoms with van der Waals surface area (Å²) >= 11 is 0. The van der Waals surface area contributed by atoms with Gasteiger partial charge in [0.1, 0.15) is 0 Å². The van der Waals surface area contributed by atoms with Crippen LogP contribution < -0.4 is 0 Å². The van der Waals surface area contributed by atoms with E-state index in [1.807, 2.05) is 0 Å². The predicted octanol–water partition coefficient (Wildman–Crippen LogP) is 1.84. The van der Waals surface area contributed by atoms with E-state index in [2.05, 4.69) is 28.9 Å². The van der Waals surface area contributed by atoms with Crippen molar-refractivity contribution in [1.29, 1.82) is 0 Å². The molecule has 0 unspecified atom stereocenters. The number of hydrogen-bond donors (Lipinski definition) is 0. The van der Waals surface area contributed by atoms with Gasteiger partial charge in [-0.05, 0) is 37.1 Å². The van der Waals surface area contributed by atoms with E-state index < -0.39 is 0 Å². The molecule has 0 amide bonds. The summed E-state index contributed by atoms with van der Waals surface area (Å²) < 4.78 is 0. The molecule has 1 saturated carbocycles. The zero-order valence-electron chi connectivity index (χ0n) is 10.4. The third kappa shape index (κ3) is 2.05. The number of likely N-dealkylation sites (N-methyl/N-ethyl adjacent to an activating group) is 1. The molecule has 0 radical (unpaired) electrons. The van der Waals surface area contributed by atoms with Gasteiger partial charge in [-0.3, -0.25) is 0 Å². The van der Waals surface area contributed by atoms with E-state index in [0.717, 1.165) is 17.8 Å². The Morgan fingerprint density at radius 3 is 2.31 bits per heavy atom. The van der Waals surface area contributed by atoms with E-state index in [1.165, 1.54) is 52.1 Å². The number of rotatable bonds is 3. The summed E-state index contributed by atoms with van der Waals surface area (Å²) in [5.41, 5.74) is 0. The van der Waals surface area contributed by atoms with Crippen molar-refractivity contribution >= 4 is 0 Å². The van der Waals surface area contributed by atoms with Crippen LogP contribution >= 0.6 is 0 Å². The van der Waals surface area contributed by atoms with Crippen LogP contribution in [0.5, 0.6) is 0 Å². The average Bonchev–Trinajstić information content (AvgIpc) is 2.92. The van der Waals surface area contributed by atoms with Gasteiger partial charge in [0.15, 0.2) is 0 Å². The topological polar surface area (TPSA) is 6.48 Å².